The first-order valence-electron chi connectivity index (χ1n) is 8.48. The molecule has 8 heteroatoms. The van der Waals surface area contributed by atoms with E-state index in [-0.39, 0.29) is 6.54 Å². The lowest BCUT2D eigenvalue weighted by molar-refractivity contribution is -0.131. The van der Waals surface area contributed by atoms with E-state index in [1.165, 1.54) is 12.3 Å². The first kappa shape index (κ1) is 18.5. The lowest BCUT2D eigenvalue weighted by Gasteiger charge is -2.23. The van der Waals surface area contributed by atoms with Gasteiger partial charge < -0.3 is 9.73 Å². The second kappa shape index (κ2) is 6.96. The number of nitrogens with one attached hydrogen (secondary N) is 1. The first-order chi connectivity index (χ1) is 13.4. The highest BCUT2D eigenvalue weighted by atomic mass is 35.5. The molecule has 0 spiro atoms. The van der Waals surface area contributed by atoms with Crippen LogP contribution in [-0.4, -0.2) is 21.8 Å². The van der Waals surface area contributed by atoms with E-state index in [0.717, 1.165) is 10.5 Å². The minimum absolute atomic E-state index is 0.0121. The van der Waals surface area contributed by atoms with Gasteiger partial charge in [0.1, 0.15) is 11.8 Å². The number of halogens is 2. The molecule has 28 heavy (non-hydrogen) atoms. The van der Waals surface area contributed by atoms with Gasteiger partial charge in [-0.05, 0) is 31.2 Å². The lowest BCUT2D eigenvalue weighted by Crippen LogP contribution is -2.41. The van der Waals surface area contributed by atoms with Gasteiger partial charge in [-0.15, -0.1) is 0 Å². The normalized spacial score (nSPS) is 19.2. The van der Waals surface area contributed by atoms with Gasteiger partial charge in [-0.3, -0.25) is 9.69 Å². The van der Waals surface area contributed by atoms with Gasteiger partial charge in [0, 0.05) is 21.2 Å². The molecule has 142 valence electrons. The lowest BCUT2D eigenvalue weighted by atomic mass is 9.92. The zero-order valence-corrected chi connectivity index (χ0v) is 16.3. The zero-order chi connectivity index (χ0) is 19.9. The van der Waals surface area contributed by atoms with E-state index in [2.05, 4.69) is 10.3 Å². The second-order valence-corrected chi connectivity index (χ2v) is 7.42. The molecular weight excluding hydrogens is 401 g/mol. The number of hydrogen-bond donors (Lipinski definition) is 1. The van der Waals surface area contributed by atoms with Crippen LogP contribution in [0.4, 0.5) is 4.79 Å². The maximum Gasteiger partial charge on any atom is 0.325 e. The van der Waals surface area contributed by atoms with E-state index in [0.29, 0.717) is 27.2 Å². The predicted octanol–water partition coefficient (Wildman–Crippen LogP) is 4.62. The maximum atomic E-state index is 13.0. The van der Waals surface area contributed by atoms with E-state index in [1.54, 1.807) is 19.1 Å². The van der Waals surface area contributed by atoms with E-state index in [4.69, 9.17) is 27.6 Å². The van der Waals surface area contributed by atoms with Crippen molar-refractivity contribution in [1.82, 2.24) is 15.2 Å². The quantitative estimate of drug-likeness (QED) is 0.630. The standard InChI is InChI=1S/C20H15Cl2N3O3/c1-20(15-8-7-13(21)9-16(15)22)18(26)25(19(27)24-20)10-14-11-28-17(23-14)12-5-3-2-4-6-12/h2-9,11H,10H2,1H3,(H,24,27). The highest BCUT2D eigenvalue weighted by molar-refractivity contribution is 6.35. The highest BCUT2D eigenvalue weighted by Gasteiger charge is 2.50. The van der Waals surface area contributed by atoms with Crippen molar-refractivity contribution in [3.63, 3.8) is 0 Å². The van der Waals surface area contributed by atoms with Crippen LogP contribution in [0, 0.1) is 0 Å². The van der Waals surface area contributed by atoms with Crippen LogP contribution in [-0.2, 0) is 16.9 Å². The molecule has 2 heterocycles. The molecule has 1 saturated heterocycles. The number of aromatic nitrogens is 1. The minimum atomic E-state index is -1.29. The number of imide groups is 1. The smallest absolute Gasteiger partial charge is 0.325 e. The van der Waals surface area contributed by atoms with E-state index in [9.17, 15) is 9.59 Å². The van der Waals surface area contributed by atoms with Crippen LogP contribution >= 0.6 is 23.2 Å². The molecule has 0 aliphatic carbocycles. The van der Waals surface area contributed by atoms with Crippen LogP contribution in [0.2, 0.25) is 10.0 Å². The van der Waals surface area contributed by atoms with Gasteiger partial charge in [-0.1, -0.05) is 47.5 Å². The number of hydrogen-bond acceptors (Lipinski definition) is 4. The Morgan fingerprint density at radius 1 is 1.14 bits per heavy atom. The summed E-state index contributed by atoms with van der Waals surface area (Å²) in [5, 5.41) is 3.47. The molecule has 1 aromatic heterocycles. The van der Waals surface area contributed by atoms with Gasteiger partial charge in [0.05, 0.1) is 12.2 Å². The number of urea groups is 1. The monoisotopic (exact) mass is 415 g/mol. The molecule has 4 rings (SSSR count). The Labute approximate surface area is 171 Å². The zero-order valence-electron chi connectivity index (χ0n) is 14.8. The summed E-state index contributed by atoms with van der Waals surface area (Å²) in [6.07, 6.45) is 1.44. The largest absolute Gasteiger partial charge is 0.444 e. The number of oxazole rings is 1. The number of amides is 3. The number of carbonyl (C=O) groups excluding carboxylic acids is 2. The Hall–Kier alpha value is -2.83. The fourth-order valence-electron chi connectivity index (χ4n) is 3.17. The molecule has 0 radical (unpaired) electrons. The Morgan fingerprint density at radius 2 is 1.89 bits per heavy atom. The van der Waals surface area contributed by atoms with Crippen LogP contribution in [0.25, 0.3) is 11.5 Å². The van der Waals surface area contributed by atoms with Crippen LogP contribution in [0.1, 0.15) is 18.2 Å². The molecule has 0 bridgehead atoms. The molecule has 1 fully saturated rings. The van der Waals surface area contributed by atoms with Gasteiger partial charge in [0.25, 0.3) is 5.91 Å². The van der Waals surface area contributed by atoms with E-state index < -0.39 is 17.5 Å². The summed E-state index contributed by atoms with van der Waals surface area (Å²) in [6.45, 7) is 1.60. The molecule has 3 aromatic rings. The molecule has 3 amide bonds. The van der Waals surface area contributed by atoms with Crippen molar-refractivity contribution in [2.24, 2.45) is 0 Å². The number of benzene rings is 2. The number of nitrogens with zero attached hydrogens (tertiary/aromatic N) is 2. The van der Waals surface area contributed by atoms with Crippen molar-refractivity contribution >= 4 is 35.1 Å². The fourth-order valence-corrected chi connectivity index (χ4v) is 3.77. The maximum absolute atomic E-state index is 13.0. The Balaban J connectivity index is 1.59. The third kappa shape index (κ3) is 3.15. The van der Waals surface area contributed by atoms with E-state index >= 15 is 0 Å². The van der Waals surface area contributed by atoms with Crippen molar-refractivity contribution in [1.29, 1.82) is 0 Å². The molecule has 6 nitrogen and oxygen atoms in total. The summed E-state index contributed by atoms with van der Waals surface area (Å²) >= 11 is 12.2. The molecule has 1 aliphatic heterocycles. The molecule has 1 aliphatic rings. The summed E-state index contributed by atoms with van der Waals surface area (Å²) in [7, 11) is 0. The van der Waals surface area contributed by atoms with Crippen molar-refractivity contribution in [2.75, 3.05) is 0 Å². The van der Waals surface area contributed by atoms with Crippen LogP contribution in [0.3, 0.4) is 0 Å². The predicted molar refractivity (Wildman–Crippen MR) is 105 cm³/mol. The first-order valence-corrected chi connectivity index (χ1v) is 9.23. The summed E-state index contributed by atoms with van der Waals surface area (Å²) in [4.78, 5) is 31.0. The summed E-state index contributed by atoms with van der Waals surface area (Å²) in [5.41, 5.74) is 0.465. The minimum Gasteiger partial charge on any atom is -0.444 e. The SMILES string of the molecule is CC1(c2ccc(Cl)cc2Cl)NC(=O)N(Cc2coc(-c3ccccc3)n2)C1=O. The third-order valence-corrected chi connectivity index (χ3v) is 5.19. The molecular formula is C20H15Cl2N3O3. The highest BCUT2D eigenvalue weighted by Crippen LogP contribution is 2.35. The van der Waals surface area contributed by atoms with Gasteiger partial charge in [-0.25, -0.2) is 9.78 Å². The van der Waals surface area contributed by atoms with Gasteiger partial charge in [0.15, 0.2) is 0 Å². The van der Waals surface area contributed by atoms with Gasteiger partial charge in [0.2, 0.25) is 5.89 Å². The Bertz CT molecular complexity index is 1070. The fraction of sp³-hybridized carbons (Fsp3) is 0.150. The topological polar surface area (TPSA) is 75.4 Å². The molecule has 2 aromatic carbocycles. The third-order valence-electron chi connectivity index (χ3n) is 4.64. The Kier molecular flexibility index (Phi) is 4.61. The molecule has 0 saturated carbocycles. The van der Waals surface area contributed by atoms with Crippen molar-refractivity contribution in [3.05, 3.63) is 76.1 Å². The van der Waals surface area contributed by atoms with Crippen LogP contribution in [0.15, 0.2) is 59.2 Å². The molecule has 1 atom stereocenters. The second-order valence-electron chi connectivity index (χ2n) is 6.58. The molecule has 1 N–H and O–H groups in total. The van der Waals surface area contributed by atoms with E-state index in [1.807, 2.05) is 30.3 Å². The average Bonchev–Trinajstić information content (AvgIpc) is 3.22. The van der Waals surface area contributed by atoms with Crippen molar-refractivity contribution in [3.8, 4) is 11.5 Å². The van der Waals surface area contributed by atoms with Crippen molar-refractivity contribution < 1.29 is 14.0 Å². The van der Waals surface area contributed by atoms with Crippen LogP contribution in [0.5, 0.6) is 0 Å². The van der Waals surface area contributed by atoms with Crippen molar-refractivity contribution in [2.45, 2.75) is 19.0 Å². The summed E-state index contributed by atoms with van der Waals surface area (Å²) < 4.78 is 5.48. The average molecular weight is 416 g/mol. The summed E-state index contributed by atoms with van der Waals surface area (Å²) in [6, 6.07) is 13.6. The number of carbonyl (C=O) groups is 2. The molecule has 1 unspecified atom stereocenters. The van der Waals surface area contributed by atoms with Gasteiger partial charge in [-0.2, -0.15) is 0 Å². The number of rotatable bonds is 4. The van der Waals surface area contributed by atoms with Gasteiger partial charge >= 0.3 is 6.03 Å². The van der Waals surface area contributed by atoms with Crippen LogP contribution < -0.4 is 5.32 Å². The Morgan fingerprint density at radius 3 is 2.61 bits per heavy atom. The summed E-state index contributed by atoms with van der Waals surface area (Å²) in [5.74, 6) is -0.00264.